The highest BCUT2D eigenvalue weighted by atomic mass is 16.2. The maximum Gasteiger partial charge on any atom is 0.251 e. The van der Waals surface area contributed by atoms with Gasteiger partial charge in [-0.3, -0.25) is 14.4 Å². The Morgan fingerprint density at radius 2 is 1.83 bits per heavy atom. The standard InChI is InChI=1S/C18H25N3O3/c1-3-14(4-2)20-16(22)12-19-18(24)13-7-9-15(10-8-13)21-11-5-6-17(21)23/h7-10,14H,3-6,11-12H2,1-2H3,(H,19,24)(H,20,22). The fraction of sp³-hybridized carbons (Fsp3) is 0.500. The van der Waals surface area contributed by atoms with Crippen molar-refractivity contribution in [2.24, 2.45) is 0 Å². The molecule has 130 valence electrons. The smallest absolute Gasteiger partial charge is 0.251 e. The Labute approximate surface area is 142 Å². The highest BCUT2D eigenvalue weighted by Crippen LogP contribution is 2.21. The Balaban J connectivity index is 1.86. The lowest BCUT2D eigenvalue weighted by molar-refractivity contribution is -0.121. The summed E-state index contributed by atoms with van der Waals surface area (Å²) in [7, 11) is 0. The summed E-state index contributed by atoms with van der Waals surface area (Å²) in [4.78, 5) is 37.3. The van der Waals surface area contributed by atoms with Crippen LogP contribution in [0.4, 0.5) is 5.69 Å². The van der Waals surface area contributed by atoms with Gasteiger partial charge in [-0.2, -0.15) is 0 Å². The average Bonchev–Trinajstić information content (AvgIpc) is 3.03. The zero-order valence-electron chi connectivity index (χ0n) is 14.3. The minimum Gasteiger partial charge on any atom is -0.352 e. The van der Waals surface area contributed by atoms with Crippen molar-refractivity contribution >= 4 is 23.4 Å². The summed E-state index contributed by atoms with van der Waals surface area (Å²) >= 11 is 0. The lowest BCUT2D eigenvalue weighted by Gasteiger charge is -2.16. The molecule has 0 atom stereocenters. The van der Waals surface area contributed by atoms with Gasteiger partial charge >= 0.3 is 0 Å². The van der Waals surface area contributed by atoms with Crippen molar-refractivity contribution in [3.05, 3.63) is 29.8 Å². The number of benzene rings is 1. The number of hydrogen-bond donors (Lipinski definition) is 2. The summed E-state index contributed by atoms with van der Waals surface area (Å²) in [6, 6.07) is 7.03. The van der Waals surface area contributed by atoms with Crippen LogP contribution in [0.5, 0.6) is 0 Å². The van der Waals surface area contributed by atoms with Gasteiger partial charge in [0.25, 0.3) is 5.91 Å². The van der Waals surface area contributed by atoms with Crippen molar-refractivity contribution in [1.29, 1.82) is 0 Å². The molecule has 1 aliphatic heterocycles. The lowest BCUT2D eigenvalue weighted by Crippen LogP contribution is -2.41. The molecule has 0 unspecified atom stereocenters. The number of carbonyl (C=O) groups excluding carboxylic acids is 3. The monoisotopic (exact) mass is 331 g/mol. The zero-order valence-corrected chi connectivity index (χ0v) is 14.3. The van der Waals surface area contributed by atoms with Gasteiger partial charge in [0, 0.05) is 30.3 Å². The van der Waals surface area contributed by atoms with E-state index in [2.05, 4.69) is 10.6 Å². The van der Waals surface area contributed by atoms with E-state index >= 15 is 0 Å². The van der Waals surface area contributed by atoms with E-state index < -0.39 is 0 Å². The first-order valence-electron chi connectivity index (χ1n) is 8.53. The minimum atomic E-state index is -0.297. The molecular weight excluding hydrogens is 306 g/mol. The van der Waals surface area contributed by atoms with Crippen molar-refractivity contribution in [2.45, 2.75) is 45.6 Å². The van der Waals surface area contributed by atoms with E-state index in [4.69, 9.17) is 0 Å². The van der Waals surface area contributed by atoms with Crippen LogP contribution >= 0.6 is 0 Å². The number of hydrogen-bond acceptors (Lipinski definition) is 3. The number of nitrogens with zero attached hydrogens (tertiary/aromatic N) is 1. The summed E-state index contributed by atoms with van der Waals surface area (Å²) in [5.41, 5.74) is 1.28. The van der Waals surface area contributed by atoms with Crippen molar-refractivity contribution in [3.8, 4) is 0 Å². The first kappa shape index (κ1) is 18.0. The first-order valence-corrected chi connectivity index (χ1v) is 8.53. The zero-order chi connectivity index (χ0) is 17.5. The molecule has 6 heteroatoms. The molecule has 1 fully saturated rings. The van der Waals surface area contributed by atoms with Gasteiger partial charge in [0.2, 0.25) is 11.8 Å². The van der Waals surface area contributed by atoms with Gasteiger partial charge < -0.3 is 15.5 Å². The molecule has 0 saturated carbocycles. The van der Waals surface area contributed by atoms with Gasteiger partial charge in [-0.25, -0.2) is 0 Å². The van der Waals surface area contributed by atoms with E-state index in [1.165, 1.54) is 0 Å². The fourth-order valence-electron chi connectivity index (χ4n) is 2.75. The van der Waals surface area contributed by atoms with Gasteiger partial charge in [-0.15, -0.1) is 0 Å². The second-order valence-corrected chi connectivity index (χ2v) is 5.96. The van der Waals surface area contributed by atoms with Gasteiger partial charge in [0.05, 0.1) is 6.54 Å². The minimum absolute atomic E-state index is 0.0400. The molecule has 2 N–H and O–H groups in total. The van der Waals surface area contributed by atoms with E-state index in [9.17, 15) is 14.4 Å². The molecule has 0 aromatic heterocycles. The molecule has 1 aliphatic rings. The molecular formula is C18H25N3O3. The van der Waals surface area contributed by atoms with Crippen molar-refractivity contribution in [3.63, 3.8) is 0 Å². The Morgan fingerprint density at radius 1 is 1.17 bits per heavy atom. The van der Waals surface area contributed by atoms with Crippen LogP contribution in [0.25, 0.3) is 0 Å². The largest absolute Gasteiger partial charge is 0.352 e. The maximum absolute atomic E-state index is 12.1. The molecule has 0 bridgehead atoms. The predicted octanol–water partition coefficient (Wildman–Crippen LogP) is 1.85. The van der Waals surface area contributed by atoms with Crippen molar-refractivity contribution < 1.29 is 14.4 Å². The topological polar surface area (TPSA) is 78.5 Å². The van der Waals surface area contributed by atoms with Gasteiger partial charge in [-0.05, 0) is 43.5 Å². The van der Waals surface area contributed by atoms with E-state index in [1.54, 1.807) is 29.2 Å². The van der Waals surface area contributed by atoms with E-state index in [-0.39, 0.29) is 30.3 Å². The van der Waals surface area contributed by atoms with Gasteiger partial charge in [-0.1, -0.05) is 13.8 Å². The molecule has 0 spiro atoms. The summed E-state index contributed by atoms with van der Waals surface area (Å²) in [5.74, 6) is -0.365. The highest BCUT2D eigenvalue weighted by Gasteiger charge is 2.21. The van der Waals surface area contributed by atoms with E-state index in [1.807, 2.05) is 13.8 Å². The summed E-state index contributed by atoms with van der Waals surface area (Å²) in [6.07, 6.45) is 3.18. The summed E-state index contributed by atoms with van der Waals surface area (Å²) in [5, 5.41) is 5.49. The SMILES string of the molecule is CCC(CC)NC(=O)CNC(=O)c1ccc(N2CCCC2=O)cc1. The lowest BCUT2D eigenvalue weighted by atomic mass is 10.1. The molecule has 1 saturated heterocycles. The number of rotatable bonds is 7. The Bertz CT molecular complexity index is 594. The molecule has 1 aromatic carbocycles. The van der Waals surface area contributed by atoms with Crippen LogP contribution in [0.2, 0.25) is 0 Å². The number of anilines is 1. The Hall–Kier alpha value is -2.37. The second-order valence-electron chi connectivity index (χ2n) is 5.96. The third-order valence-corrected chi connectivity index (χ3v) is 4.27. The van der Waals surface area contributed by atoms with Crippen LogP contribution in [-0.4, -0.2) is 36.9 Å². The summed E-state index contributed by atoms with van der Waals surface area (Å²) < 4.78 is 0. The normalized spacial score (nSPS) is 14.1. The van der Waals surface area contributed by atoms with E-state index in [0.29, 0.717) is 12.0 Å². The molecule has 0 aliphatic carbocycles. The molecule has 2 rings (SSSR count). The Morgan fingerprint density at radius 3 is 2.38 bits per heavy atom. The highest BCUT2D eigenvalue weighted by molar-refractivity contribution is 5.98. The van der Waals surface area contributed by atoms with Crippen molar-refractivity contribution in [1.82, 2.24) is 10.6 Å². The maximum atomic E-state index is 12.1. The predicted molar refractivity (Wildman–Crippen MR) is 92.9 cm³/mol. The number of nitrogens with one attached hydrogen (secondary N) is 2. The molecule has 1 aromatic rings. The van der Waals surface area contributed by atoms with Crippen LogP contribution in [0.1, 0.15) is 49.9 Å². The van der Waals surface area contributed by atoms with Crippen LogP contribution in [0, 0.1) is 0 Å². The molecule has 3 amide bonds. The second kappa shape index (κ2) is 8.47. The van der Waals surface area contributed by atoms with Crippen LogP contribution < -0.4 is 15.5 Å². The first-order chi connectivity index (χ1) is 11.5. The molecule has 0 radical (unpaired) electrons. The molecule has 24 heavy (non-hydrogen) atoms. The third kappa shape index (κ3) is 4.57. The van der Waals surface area contributed by atoms with Crippen molar-refractivity contribution in [2.75, 3.05) is 18.0 Å². The van der Waals surface area contributed by atoms with Crippen LogP contribution in [0.3, 0.4) is 0 Å². The number of amides is 3. The Kier molecular flexibility index (Phi) is 6.35. The van der Waals surface area contributed by atoms with E-state index in [0.717, 1.165) is 31.5 Å². The third-order valence-electron chi connectivity index (χ3n) is 4.27. The molecule has 6 nitrogen and oxygen atoms in total. The van der Waals surface area contributed by atoms with Gasteiger partial charge in [0.1, 0.15) is 0 Å². The number of carbonyl (C=O) groups is 3. The van der Waals surface area contributed by atoms with Gasteiger partial charge in [0.15, 0.2) is 0 Å². The molecule has 1 heterocycles. The average molecular weight is 331 g/mol. The van der Waals surface area contributed by atoms with Crippen LogP contribution in [-0.2, 0) is 9.59 Å². The quantitative estimate of drug-likeness (QED) is 0.800. The van der Waals surface area contributed by atoms with Crippen LogP contribution in [0.15, 0.2) is 24.3 Å². The fourth-order valence-corrected chi connectivity index (χ4v) is 2.75. The summed E-state index contributed by atoms with van der Waals surface area (Å²) in [6.45, 7) is 4.71.